The van der Waals surface area contributed by atoms with E-state index in [2.05, 4.69) is 4.98 Å². The third-order valence-corrected chi connectivity index (χ3v) is 4.48. The molecule has 3 aromatic rings. The van der Waals surface area contributed by atoms with E-state index >= 15 is 0 Å². The molecule has 0 spiro atoms. The second-order valence-corrected chi connectivity index (χ2v) is 6.33. The normalized spacial score (nSPS) is 13.6. The number of hydrogen-bond donors (Lipinski definition) is 0. The van der Waals surface area contributed by atoms with E-state index in [4.69, 9.17) is 9.84 Å². The summed E-state index contributed by atoms with van der Waals surface area (Å²) in [6.07, 6.45) is 5.81. The largest absolute Gasteiger partial charge is 0.497 e. The van der Waals surface area contributed by atoms with Crippen molar-refractivity contribution in [2.75, 3.05) is 7.11 Å². The van der Waals surface area contributed by atoms with Gasteiger partial charge in [0.2, 0.25) is 0 Å². The molecule has 1 aliphatic carbocycles. The van der Waals surface area contributed by atoms with Crippen LogP contribution in [-0.4, -0.2) is 21.9 Å². The van der Waals surface area contributed by atoms with Crippen molar-refractivity contribution in [2.45, 2.75) is 19.4 Å². The second kappa shape index (κ2) is 6.51. The maximum absolute atomic E-state index is 12.5. The molecule has 2 heterocycles. The first-order chi connectivity index (χ1) is 12.2. The summed E-state index contributed by atoms with van der Waals surface area (Å²) in [5.41, 5.74) is 3.45. The molecule has 1 saturated carbocycles. The van der Waals surface area contributed by atoms with Crippen LogP contribution in [0.15, 0.2) is 59.7 Å². The Bertz CT molecular complexity index is 929. The molecule has 0 radical (unpaired) electrons. The molecule has 2 aromatic heterocycles. The molecule has 1 aliphatic rings. The van der Waals surface area contributed by atoms with Gasteiger partial charge >= 0.3 is 0 Å². The Morgan fingerprint density at radius 3 is 2.44 bits per heavy atom. The maximum Gasteiger partial charge on any atom is 0.267 e. The van der Waals surface area contributed by atoms with Gasteiger partial charge in [-0.05, 0) is 60.7 Å². The fourth-order valence-corrected chi connectivity index (χ4v) is 2.88. The van der Waals surface area contributed by atoms with Crippen molar-refractivity contribution >= 4 is 0 Å². The van der Waals surface area contributed by atoms with Gasteiger partial charge in [-0.2, -0.15) is 5.10 Å². The van der Waals surface area contributed by atoms with Crippen molar-refractivity contribution in [2.24, 2.45) is 5.92 Å². The minimum Gasteiger partial charge on any atom is -0.497 e. The first-order valence-corrected chi connectivity index (χ1v) is 8.41. The third-order valence-electron chi connectivity index (χ3n) is 4.48. The minimum atomic E-state index is -0.0593. The van der Waals surface area contributed by atoms with Gasteiger partial charge in [0, 0.05) is 36.1 Å². The van der Waals surface area contributed by atoms with Gasteiger partial charge in [0.05, 0.1) is 12.8 Å². The van der Waals surface area contributed by atoms with Crippen LogP contribution in [0.3, 0.4) is 0 Å². The van der Waals surface area contributed by atoms with E-state index in [1.54, 1.807) is 30.3 Å². The highest BCUT2D eigenvalue weighted by atomic mass is 16.5. The lowest BCUT2D eigenvalue weighted by molar-refractivity contribution is 0.415. The van der Waals surface area contributed by atoms with E-state index in [-0.39, 0.29) is 5.56 Å². The second-order valence-electron chi connectivity index (χ2n) is 6.33. The molecule has 25 heavy (non-hydrogen) atoms. The smallest absolute Gasteiger partial charge is 0.267 e. The lowest BCUT2D eigenvalue weighted by Crippen LogP contribution is -2.24. The van der Waals surface area contributed by atoms with Crippen molar-refractivity contribution in [1.29, 1.82) is 0 Å². The molecule has 1 aromatic carbocycles. The fraction of sp³-hybridized carbons (Fsp3) is 0.250. The first kappa shape index (κ1) is 15.6. The molecule has 0 N–H and O–H groups in total. The van der Waals surface area contributed by atoms with E-state index in [1.165, 1.54) is 12.8 Å². The molecule has 0 unspecified atom stereocenters. The van der Waals surface area contributed by atoms with E-state index in [0.717, 1.165) is 28.1 Å². The average Bonchev–Trinajstić information content (AvgIpc) is 3.48. The molecule has 1 fully saturated rings. The highest BCUT2D eigenvalue weighted by molar-refractivity contribution is 5.80. The number of pyridine rings is 1. The topological polar surface area (TPSA) is 57.0 Å². The van der Waals surface area contributed by atoms with Crippen LogP contribution in [0.5, 0.6) is 5.75 Å². The highest BCUT2D eigenvalue weighted by Gasteiger charge is 2.23. The van der Waals surface area contributed by atoms with E-state index in [0.29, 0.717) is 12.5 Å². The summed E-state index contributed by atoms with van der Waals surface area (Å²) in [6, 6.07) is 13.2. The zero-order chi connectivity index (χ0) is 17.2. The van der Waals surface area contributed by atoms with E-state index < -0.39 is 0 Å². The maximum atomic E-state index is 12.5. The Morgan fingerprint density at radius 1 is 1.08 bits per heavy atom. The van der Waals surface area contributed by atoms with Crippen LogP contribution in [0.25, 0.3) is 22.4 Å². The number of benzene rings is 1. The summed E-state index contributed by atoms with van der Waals surface area (Å²) in [7, 11) is 1.64. The number of ether oxygens (including phenoxy) is 1. The third kappa shape index (κ3) is 3.31. The molecule has 4 rings (SSSR count). The van der Waals surface area contributed by atoms with E-state index in [9.17, 15) is 4.79 Å². The zero-order valence-electron chi connectivity index (χ0n) is 14.1. The van der Waals surface area contributed by atoms with Crippen molar-refractivity contribution in [3.8, 4) is 28.1 Å². The molecule has 0 aliphatic heterocycles. The SMILES string of the molecule is COc1ccc(-c2nn(CC3CC3)c(=O)cc2-c2ccncc2)cc1. The summed E-state index contributed by atoms with van der Waals surface area (Å²) in [5.74, 6) is 1.38. The van der Waals surface area contributed by atoms with Crippen LogP contribution in [-0.2, 0) is 6.54 Å². The lowest BCUT2D eigenvalue weighted by Gasteiger charge is -2.13. The molecule has 5 nitrogen and oxygen atoms in total. The molecule has 5 heteroatoms. The molecular formula is C20H19N3O2. The fourth-order valence-electron chi connectivity index (χ4n) is 2.88. The van der Waals surface area contributed by atoms with Crippen molar-refractivity contribution in [1.82, 2.24) is 14.8 Å². The van der Waals surface area contributed by atoms with Gasteiger partial charge in [-0.15, -0.1) is 0 Å². The summed E-state index contributed by atoms with van der Waals surface area (Å²) >= 11 is 0. The van der Waals surface area contributed by atoms with Gasteiger partial charge in [-0.25, -0.2) is 4.68 Å². The first-order valence-electron chi connectivity index (χ1n) is 8.41. The van der Waals surface area contributed by atoms with Gasteiger partial charge in [0.1, 0.15) is 5.75 Å². The zero-order valence-corrected chi connectivity index (χ0v) is 14.1. The monoisotopic (exact) mass is 333 g/mol. The van der Waals surface area contributed by atoms with Crippen LogP contribution >= 0.6 is 0 Å². The quantitative estimate of drug-likeness (QED) is 0.718. The molecule has 0 atom stereocenters. The lowest BCUT2D eigenvalue weighted by atomic mass is 10.0. The van der Waals surface area contributed by atoms with Crippen LogP contribution in [0.2, 0.25) is 0 Å². The molecule has 126 valence electrons. The highest BCUT2D eigenvalue weighted by Crippen LogP contribution is 2.32. The number of methoxy groups -OCH3 is 1. The molecule has 0 amide bonds. The number of aromatic nitrogens is 3. The van der Waals surface area contributed by atoms with Gasteiger partial charge < -0.3 is 4.74 Å². The molecule has 0 bridgehead atoms. The predicted octanol–water partition coefficient (Wildman–Crippen LogP) is 3.39. The summed E-state index contributed by atoms with van der Waals surface area (Å²) < 4.78 is 6.84. The standard InChI is InChI=1S/C20H19N3O2/c1-25-17-6-4-16(5-7-17)20-18(15-8-10-21-11-9-15)12-19(24)23(22-20)13-14-2-3-14/h4-12,14H,2-3,13H2,1H3. The van der Waals surface area contributed by atoms with Crippen molar-refractivity contribution < 1.29 is 4.74 Å². The van der Waals surface area contributed by atoms with Crippen LogP contribution in [0, 0.1) is 5.92 Å². The van der Waals surface area contributed by atoms with Gasteiger partial charge in [0.25, 0.3) is 5.56 Å². The van der Waals surface area contributed by atoms with Gasteiger partial charge in [0.15, 0.2) is 0 Å². The predicted molar refractivity (Wildman–Crippen MR) is 96.4 cm³/mol. The van der Waals surface area contributed by atoms with Gasteiger partial charge in [-0.3, -0.25) is 9.78 Å². The van der Waals surface area contributed by atoms with E-state index in [1.807, 2.05) is 36.4 Å². The van der Waals surface area contributed by atoms with Crippen LogP contribution in [0.4, 0.5) is 0 Å². The number of rotatable bonds is 5. The Morgan fingerprint density at radius 2 is 1.80 bits per heavy atom. The Labute approximate surface area is 145 Å². The van der Waals surface area contributed by atoms with Crippen molar-refractivity contribution in [3.05, 3.63) is 65.2 Å². The molecular weight excluding hydrogens is 314 g/mol. The Kier molecular flexibility index (Phi) is 4.06. The summed E-state index contributed by atoms with van der Waals surface area (Å²) in [4.78, 5) is 16.6. The Balaban J connectivity index is 1.86. The summed E-state index contributed by atoms with van der Waals surface area (Å²) in [5, 5.41) is 4.70. The van der Waals surface area contributed by atoms with Crippen LogP contribution in [0.1, 0.15) is 12.8 Å². The van der Waals surface area contributed by atoms with Crippen molar-refractivity contribution in [3.63, 3.8) is 0 Å². The van der Waals surface area contributed by atoms with Crippen LogP contribution < -0.4 is 10.3 Å². The number of hydrogen-bond acceptors (Lipinski definition) is 4. The Hall–Kier alpha value is -2.95. The minimum absolute atomic E-state index is 0.0593. The average molecular weight is 333 g/mol. The number of nitrogens with zero attached hydrogens (tertiary/aromatic N) is 3. The summed E-state index contributed by atoms with van der Waals surface area (Å²) in [6.45, 7) is 0.693. The van der Waals surface area contributed by atoms with Gasteiger partial charge in [-0.1, -0.05) is 0 Å². The molecule has 0 saturated heterocycles.